The minimum Gasteiger partial charge on any atom is -0.493 e. The molecule has 9 nitrogen and oxygen atoms in total. The van der Waals surface area contributed by atoms with Gasteiger partial charge in [-0.05, 0) is 74.2 Å². The molecule has 0 fully saturated rings. The average Bonchev–Trinajstić information content (AvgIpc) is 3.64. The van der Waals surface area contributed by atoms with Crippen molar-refractivity contribution in [2.75, 3.05) is 27.1 Å². The molecule has 1 aliphatic heterocycles. The average molecular weight is 653 g/mol. The Labute approximate surface area is 274 Å². The van der Waals surface area contributed by atoms with Crippen LogP contribution in [0.5, 0.6) is 11.5 Å². The van der Waals surface area contributed by atoms with Crippen LogP contribution in [-0.2, 0) is 9.53 Å². The third-order valence-electron chi connectivity index (χ3n) is 7.66. The summed E-state index contributed by atoms with van der Waals surface area (Å²) in [5.74, 6) is 0.674. The highest BCUT2D eigenvalue weighted by atomic mass is 32.2. The third-order valence-corrected chi connectivity index (χ3v) is 9.38. The Morgan fingerprint density at radius 3 is 2.43 bits per heavy atom. The van der Waals surface area contributed by atoms with Crippen LogP contribution in [0.1, 0.15) is 31.0 Å². The van der Waals surface area contributed by atoms with E-state index in [0.29, 0.717) is 37.8 Å². The van der Waals surface area contributed by atoms with Gasteiger partial charge >= 0.3 is 5.97 Å². The molecule has 0 spiro atoms. The van der Waals surface area contributed by atoms with E-state index in [1.807, 2.05) is 91.3 Å². The molecule has 2 aromatic heterocycles. The second-order valence-corrected chi connectivity index (χ2v) is 12.2. The SMILES string of the molecule is CCOC(=O)C1=C(C)N=c2sc(=Cc3cn(-c4ccccc4)nc3-c3ccc(OC)c(OC)c3)c(=O)n2C1c1ccc(SC)cc1. The van der Waals surface area contributed by atoms with Crippen molar-refractivity contribution in [3.63, 3.8) is 0 Å². The van der Waals surface area contributed by atoms with Crippen molar-refractivity contribution in [3.8, 4) is 28.4 Å². The fourth-order valence-electron chi connectivity index (χ4n) is 5.45. The number of carbonyl (C=O) groups is 1. The Bertz CT molecular complexity index is 2130. The number of hydrogen-bond acceptors (Lipinski definition) is 9. The van der Waals surface area contributed by atoms with Gasteiger partial charge in [-0.3, -0.25) is 9.36 Å². The number of hydrogen-bond donors (Lipinski definition) is 0. The Balaban J connectivity index is 1.56. The first kappa shape index (κ1) is 31.1. The smallest absolute Gasteiger partial charge is 0.338 e. The number of rotatable bonds is 9. The van der Waals surface area contributed by atoms with Crippen molar-refractivity contribution < 1.29 is 19.0 Å². The molecule has 0 saturated carbocycles. The van der Waals surface area contributed by atoms with Crippen LogP contribution in [0.2, 0.25) is 0 Å². The summed E-state index contributed by atoms with van der Waals surface area (Å²) in [6, 6.07) is 22.5. The first-order valence-corrected chi connectivity index (χ1v) is 16.6. The topological polar surface area (TPSA) is 96.9 Å². The summed E-state index contributed by atoms with van der Waals surface area (Å²) in [5.41, 5.74) is 4.45. The van der Waals surface area contributed by atoms with Crippen molar-refractivity contribution in [1.29, 1.82) is 0 Å². The number of allylic oxidation sites excluding steroid dienone is 1. The van der Waals surface area contributed by atoms with E-state index in [2.05, 4.69) is 0 Å². The molecule has 0 bridgehead atoms. The van der Waals surface area contributed by atoms with Gasteiger partial charge in [0.2, 0.25) is 0 Å². The van der Waals surface area contributed by atoms with E-state index in [0.717, 1.165) is 27.3 Å². The number of fused-ring (bicyclic) bond motifs is 1. The summed E-state index contributed by atoms with van der Waals surface area (Å²) in [7, 11) is 3.18. The molecule has 0 radical (unpaired) electrons. The van der Waals surface area contributed by atoms with Gasteiger partial charge < -0.3 is 14.2 Å². The summed E-state index contributed by atoms with van der Waals surface area (Å²) in [6.07, 6.45) is 5.73. The van der Waals surface area contributed by atoms with Gasteiger partial charge in [0.25, 0.3) is 5.56 Å². The largest absolute Gasteiger partial charge is 0.493 e. The molecule has 234 valence electrons. The monoisotopic (exact) mass is 652 g/mol. The van der Waals surface area contributed by atoms with Crippen LogP contribution in [0.4, 0.5) is 0 Å². The lowest BCUT2D eigenvalue weighted by Gasteiger charge is -2.24. The molecular formula is C35H32N4O5S2. The zero-order valence-electron chi connectivity index (χ0n) is 26.0. The molecule has 1 aliphatic rings. The number of benzene rings is 3. The highest BCUT2D eigenvalue weighted by Crippen LogP contribution is 2.34. The molecule has 46 heavy (non-hydrogen) atoms. The van der Waals surface area contributed by atoms with Crippen molar-refractivity contribution in [1.82, 2.24) is 14.3 Å². The second kappa shape index (κ2) is 13.2. The maximum Gasteiger partial charge on any atom is 0.338 e. The summed E-state index contributed by atoms with van der Waals surface area (Å²) < 4.78 is 20.3. The third kappa shape index (κ3) is 5.79. The number of ether oxygens (including phenoxy) is 3. The summed E-state index contributed by atoms with van der Waals surface area (Å²) in [6.45, 7) is 3.76. The molecular weight excluding hydrogens is 621 g/mol. The van der Waals surface area contributed by atoms with Crippen molar-refractivity contribution in [2.45, 2.75) is 24.8 Å². The predicted octanol–water partition coefficient (Wildman–Crippen LogP) is 5.39. The molecule has 0 N–H and O–H groups in total. The Morgan fingerprint density at radius 2 is 1.76 bits per heavy atom. The van der Waals surface area contributed by atoms with Gasteiger partial charge in [-0.15, -0.1) is 11.8 Å². The number of esters is 1. The Kier molecular flexibility index (Phi) is 8.96. The van der Waals surface area contributed by atoms with E-state index < -0.39 is 12.0 Å². The number of thiazole rings is 1. The molecule has 3 heterocycles. The lowest BCUT2D eigenvalue weighted by Crippen LogP contribution is -2.39. The normalized spacial score (nSPS) is 14.5. The number of nitrogens with zero attached hydrogens (tertiary/aromatic N) is 4. The molecule has 0 saturated heterocycles. The van der Waals surface area contributed by atoms with E-state index in [-0.39, 0.29) is 12.2 Å². The van der Waals surface area contributed by atoms with Gasteiger partial charge in [0.15, 0.2) is 16.3 Å². The minimum absolute atomic E-state index is 0.211. The molecule has 0 amide bonds. The fraction of sp³-hybridized carbons (Fsp3) is 0.200. The standard InChI is InChI=1S/C35H32N4O5S2/c1-6-44-34(41)30-21(2)36-35-39(32(30)22-12-15-26(45-5)16-13-22)33(40)29(46-35)19-24-20-38(25-10-8-7-9-11-25)37-31(24)23-14-17-27(42-3)28(18-23)43-4/h7-20,32H,6H2,1-5H3. The van der Waals surface area contributed by atoms with Gasteiger partial charge in [-0.25, -0.2) is 14.5 Å². The van der Waals surface area contributed by atoms with Crippen LogP contribution in [0, 0.1) is 0 Å². The summed E-state index contributed by atoms with van der Waals surface area (Å²) in [5, 5.41) is 4.93. The summed E-state index contributed by atoms with van der Waals surface area (Å²) in [4.78, 5) is 33.9. The molecule has 6 rings (SSSR count). The minimum atomic E-state index is -0.689. The van der Waals surface area contributed by atoms with Gasteiger partial charge in [0.05, 0.1) is 48.4 Å². The number of para-hydroxylation sites is 1. The maximum absolute atomic E-state index is 14.3. The van der Waals surface area contributed by atoms with Crippen LogP contribution in [0.25, 0.3) is 23.0 Å². The van der Waals surface area contributed by atoms with Gasteiger partial charge in [-0.1, -0.05) is 41.7 Å². The Morgan fingerprint density at radius 1 is 1.02 bits per heavy atom. The van der Waals surface area contributed by atoms with E-state index in [4.69, 9.17) is 24.3 Å². The van der Waals surface area contributed by atoms with Crippen molar-refractivity contribution >= 4 is 35.1 Å². The lowest BCUT2D eigenvalue weighted by atomic mass is 9.96. The van der Waals surface area contributed by atoms with Crippen molar-refractivity contribution in [2.24, 2.45) is 4.99 Å². The second-order valence-electron chi connectivity index (χ2n) is 10.4. The van der Waals surface area contributed by atoms with E-state index in [1.165, 1.54) is 11.3 Å². The molecule has 11 heteroatoms. The highest BCUT2D eigenvalue weighted by molar-refractivity contribution is 7.98. The van der Waals surface area contributed by atoms with Crippen LogP contribution in [0.3, 0.4) is 0 Å². The number of thioether (sulfide) groups is 1. The maximum atomic E-state index is 14.3. The van der Waals surface area contributed by atoms with Crippen LogP contribution < -0.4 is 24.4 Å². The molecule has 1 atom stereocenters. The van der Waals surface area contributed by atoms with Crippen LogP contribution in [-0.4, -0.2) is 47.4 Å². The van der Waals surface area contributed by atoms with Crippen molar-refractivity contribution in [3.05, 3.63) is 121 Å². The van der Waals surface area contributed by atoms with E-state index >= 15 is 0 Å². The van der Waals surface area contributed by atoms with Gasteiger partial charge in [0.1, 0.15) is 5.69 Å². The number of carbonyl (C=O) groups excluding carboxylic acids is 1. The zero-order valence-corrected chi connectivity index (χ0v) is 27.6. The highest BCUT2D eigenvalue weighted by Gasteiger charge is 2.33. The number of aromatic nitrogens is 3. The molecule has 1 unspecified atom stereocenters. The van der Waals surface area contributed by atoms with Gasteiger partial charge in [-0.2, -0.15) is 5.10 Å². The molecule has 5 aromatic rings. The van der Waals surface area contributed by atoms with E-state index in [9.17, 15) is 9.59 Å². The van der Waals surface area contributed by atoms with Gasteiger partial charge in [0, 0.05) is 22.2 Å². The lowest BCUT2D eigenvalue weighted by molar-refractivity contribution is -0.139. The summed E-state index contributed by atoms with van der Waals surface area (Å²) >= 11 is 2.89. The van der Waals surface area contributed by atoms with E-state index in [1.54, 1.807) is 49.1 Å². The fourth-order valence-corrected chi connectivity index (χ4v) is 6.89. The zero-order chi connectivity index (χ0) is 32.4. The number of methoxy groups -OCH3 is 2. The predicted molar refractivity (Wildman–Crippen MR) is 181 cm³/mol. The first-order valence-electron chi connectivity index (χ1n) is 14.6. The Hall–Kier alpha value is -4.87. The first-order chi connectivity index (χ1) is 22.4. The molecule has 0 aliphatic carbocycles. The van der Waals surface area contributed by atoms with Crippen LogP contribution >= 0.6 is 23.1 Å². The van der Waals surface area contributed by atoms with Crippen LogP contribution in [0.15, 0.2) is 105 Å². The molecule has 3 aromatic carbocycles. The quantitative estimate of drug-likeness (QED) is 0.156.